The largest absolute Gasteiger partial charge is 0.393 e. The van der Waals surface area contributed by atoms with Crippen molar-refractivity contribution >= 4 is 23.2 Å². The summed E-state index contributed by atoms with van der Waals surface area (Å²) in [6.07, 6.45) is 7.40. The number of aliphatic hydroxyl groups excluding tert-OH is 1. The maximum atomic E-state index is 9.94. The lowest BCUT2D eigenvalue weighted by Crippen LogP contribution is -2.10. The number of hydrogen-bond donors (Lipinski definition) is 1. The van der Waals surface area contributed by atoms with E-state index < -0.39 is 0 Å². The van der Waals surface area contributed by atoms with Crippen molar-refractivity contribution in [2.75, 3.05) is 0 Å². The van der Waals surface area contributed by atoms with Crippen LogP contribution in [-0.2, 0) is 6.42 Å². The Morgan fingerprint density at radius 2 is 2.00 bits per heavy atom. The van der Waals surface area contributed by atoms with Crippen LogP contribution in [-0.4, -0.2) is 11.2 Å². The fourth-order valence-electron chi connectivity index (χ4n) is 1.89. The predicted octanol–water partition coefficient (Wildman–Crippen LogP) is 5.03. The summed E-state index contributed by atoms with van der Waals surface area (Å²) in [7, 11) is 0. The second-order valence-electron chi connectivity index (χ2n) is 4.52. The number of rotatable bonds is 8. The minimum absolute atomic E-state index is 0.326. The van der Waals surface area contributed by atoms with Gasteiger partial charge >= 0.3 is 0 Å². The Balaban J connectivity index is 2.30. The lowest BCUT2D eigenvalue weighted by molar-refractivity contribution is 0.161. The molecule has 0 spiro atoms. The molecule has 100 valence electrons. The molecule has 1 rings (SSSR count). The van der Waals surface area contributed by atoms with Crippen molar-refractivity contribution in [3.05, 3.63) is 46.5 Å². The van der Waals surface area contributed by atoms with E-state index in [1.165, 1.54) is 0 Å². The number of allylic oxidation sites excluding steroid dienone is 1. The molecule has 0 radical (unpaired) electrons. The third-order valence-corrected chi connectivity index (χ3v) is 3.50. The van der Waals surface area contributed by atoms with Crippen molar-refractivity contribution in [3.63, 3.8) is 0 Å². The Morgan fingerprint density at radius 1 is 1.22 bits per heavy atom. The van der Waals surface area contributed by atoms with E-state index in [4.69, 9.17) is 23.2 Å². The lowest BCUT2D eigenvalue weighted by Gasteiger charge is -2.11. The average Bonchev–Trinajstić information content (AvgIpc) is 2.32. The van der Waals surface area contributed by atoms with Crippen molar-refractivity contribution in [2.24, 2.45) is 0 Å². The predicted molar refractivity (Wildman–Crippen MR) is 79.5 cm³/mol. The Hall–Kier alpha value is -0.500. The molecule has 0 aliphatic rings. The second-order valence-corrected chi connectivity index (χ2v) is 5.36. The van der Waals surface area contributed by atoms with Gasteiger partial charge in [-0.1, -0.05) is 48.2 Å². The highest BCUT2D eigenvalue weighted by molar-refractivity contribution is 6.35. The molecule has 0 saturated carbocycles. The fourth-order valence-corrected chi connectivity index (χ4v) is 2.37. The Morgan fingerprint density at radius 3 is 2.67 bits per heavy atom. The topological polar surface area (TPSA) is 20.2 Å². The highest BCUT2D eigenvalue weighted by Gasteiger charge is 2.08. The molecule has 0 aromatic heterocycles. The molecule has 18 heavy (non-hydrogen) atoms. The third-order valence-electron chi connectivity index (χ3n) is 2.92. The van der Waals surface area contributed by atoms with E-state index in [0.29, 0.717) is 16.5 Å². The Kier molecular flexibility index (Phi) is 7.41. The monoisotopic (exact) mass is 286 g/mol. The van der Waals surface area contributed by atoms with E-state index in [1.807, 2.05) is 12.1 Å². The summed E-state index contributed by atoms with van der Waals surface area (Å²) in [4.78, 5) is 0. The molecule has 3 heteroatoms. The van der Waals surface area contributed by atoms with Gasteiger partial charge in [-0.2, -0.15) is 0 Å². The van der Waals surface area contributed by atoms with Gasteiger partial charge < -0.3 is 5.11 Å². The Labute approximate surface area is 119 Å². The highest BCUT2D eigenvalue weighted by Crippen LogP contribution is 2.23. The number of benzene rings is 1. The van der Waals surface area contributed by atoms with Gasteiger partial charge in [0.05, 0.1) is 6.10 Å². The molecule has 0 amide bonds. The summed E-state index contributed by atoms with van der Waals surface area (Å²) in [6, 6.07) is 5.40. The van der Waals surface area contributed by atoms with Gasteiger partial charge in [0, 0.05) is 10.0 Å². The summed E-state index contributed by atoms with van der Waals surface area (Å²) in [5.74, 6) is 0. The van der Waals surface area contributed by atoms with Crippen LogP contribution in [0.15, 0.2) is 30.9 Å². The number of halogens is 2. The first-order valence-corrected chi connectivity index (χ1v) is 7.12. The van der Waals surface area contributed by atoms with Gasteiger partial charge in [-0.3, -0.25) is 0 Å². The smallest absolute Gasteiger partial charge is 0.0581 e. The van der Waals surface area contributed by atoms with E-state index in [-0.39, 0.29) is 6.10 Å². The van der Waals surface area contributed by atoms with Crippen molar-refractivity contribution in [1.82, 2.24) is 0 Å². The molecule has 0 aliphatic heterocycles. The van der Waals surface area contributed by atoms with Gasteiger partial charge in [-0.05, 0) is 43.4 Å². The zero-order chi connectivity index (χ0) is 13.4. The first-order chi connectivity index (χ1) is 8.63. The van der Waals surface area contributed by atoms with Crippen molar-refractivity contribution in [2.45, 2.75) is 44.6 Å². The summed E-state index contributed by atoms with van der Waals surface area (Å²) >= 11 is 11.9. The molecule has 1 N–H and O–H groups in total. The molecule has 0 bridgehead atoms. The van der Waals surface area contributed by atoms with E-state index >= 15 is 0 Å². The van der Waals surface area contributed by atoms with Crippen LogP contribution in [0.3, 0.4) is 0 Å². The SMILES string of the molecule is C=CCCCCCC(O)Cc1ccc(Cl)cc1Cl. The van der Waals surface area contributed by atoms with Crippen LogP contribution in [0.25, 0.3) is 0 Å². The van der Waals surface area contributed by atoms with Crippen LogP contribution in [0.2, 0.25) is 10.0 Å². The van der Waals surface area contributed by atoms with Crippen LogP contribution < -0.4 is 0 Å². The molecule has 0 saturated heterocycles. The fraction of sp³-hybridized carbons (Fsp3) is 0.467. The first kappa shape index (κ1) is 15.6. The van der Waals surface area contributed by atoms with Gasteiger partial charge in [0.2, 0.25) is 0 Å². The van der Waals surface area contributed by atoms with E-state index in [2.05, 4.69) is 6.58 Å². The quantitative estimate of drug-likeness (QED) is 0.525. The second kappa shape index (κ2) is 8.58. The highest BCUT2D eigenvalue weighted by atomic mass is 35.5. The van der Waals surface area contributed by atoms with E-state index in [1.54, 1.807) is 12.1 Å². The van der Waals surface area contributed by atoms with E-state index in [0.717, 1.165) is 37.7 Å². The minimum atomic E-state index is -0.326. The van der Waals surface area contributed by atoms with Crippen molar-refractivity contribution in [1.29, 1.82) is 0 Å². The molecular formula is C15H20Cl2O. The normalized spacial score (nSPS) is 12.4. The molecule has 1 aromatic carbocycles. The zero-order valence-electron chi connectivity index (χ0n) is 10.5. The first-order valence-electron chi connectivity index (χ1n) is 6.36. The molecule has 1 atom stereocenters. The lowest BCUT2D eigenvalue weighted by atomic mass is 10.0. The molecular weight excluding hydrogens is 267 g/mol. The van der Waals surface area contributed by atoms with Crippen LogP contribution >= 0.6 is 23.2 Å². The molecule has 0 aliphatic carbocycles. The van der Waals surface area contributed by atoms with Crippen molar-refractivity contribution < 1.29 is 5.11 Å². The average molecular weight is 287 g/mol. The van der Waals surface area contributed by atoms with E-state index in [9.17, 15) is 5.11 Å². The van der Waals surface area contributed by atoms with Crippen molar-refractivity contribution in [3.8, 4) is 0 Å². The van der Waals surface area contributed by atoms with Gasteiger partial charge in [0.25, 0.3) is 0 Å². The van der Waals surface area contributed by atoms with Gasteiger partial charge in [-0.15, -0.1) is 6.58 Å². The summed E-state index contributed by atoms with van der Waals surface area (Å²) in [6.45, 7) is 3.69. The van der Waals surface area contributed by atoms with Crippen LogP contribution in [0.5, 0.6) is 0 Å². The van der Waals surface area contributed by atoms with Crippen LogP contribution in [0, 0.1) is 0 Å². The third kappa shape index (κ3) is 5.90. The van der Waals surface area contributed by atoms with Gasteiger partial charge in [0.15, 0.2) is 0 Å². The number of hydrogen-bond acceptors (Lipinski definition) is 1. The molecule has 0 heterocycles. The molecule has 0 fully saturated rings. The van der Waals surface area contributed by atoms with Crippen LogP contribution in [0.4, 0.5) is 0 Å². The van der Waals surface area contributed by atoms with Gasteiger partial charge in [0.1, 0.15) is 0 Å². The summed E-state index contributed by atoms with van der Waals surface area (Å²) in [5.41, 5.74) is 0.958. The minimum Gasteiger partial charge on any atom is -0.393 e. The number of unbranched alkanes of at least 4 members (excludes halogenated alkanes) is 3. The molecule has 1 aromatic rings. The summed E-state index contributed by atoms with van der Waals surface area (Å²) < 4.78 is 0. The standard InChI is InChI=1S/C15H20Cl2O/c1-2-3-4-5-6-7-14(18)10-12-8-9-13(16)11-15(12)17/h2,8-9,11,14,18H,1,3-7,10H2. The summed E-state index contributed by atoms with van der Waals surface area (Å²) in [5, 5.41) is 11.2. The van der Waals surface area contributed by atoms with Gasteiger partial charge in [-0.25, -0.2) is 0 Å². The molecule has 1 nitrogen and oxygen atoms in total. The van der Waals surface area contributed by atoms with Crippen LogP contribution in [0.1, 0.15) is 37.7 Å². The Bertz CT molecular complexity index is 377. The zero-order valence-corrected chi connectivity index (χ0v) is 12.1. The maximum absolute atomic E-state index is 9.94. The molecule has 1 unspecified atom stereocenters. The number of aliphatic hydroxyl groups is 1. The maximum Gasteiger partial charge on any atom is 0.0581 e.